The summed E-state index contributed by atoms with van der Waals surface area (Å²) < 4.78 is 5.09. The maximum atomic E-state index is 13.2. The number of benzene rings is 3. The van der Waals surface area contributed by atoms with Crippen LogP contribution in [-0.2, 0) is 22.5 Å². The van der Waals surface area contributed by atoms with Crippen LogP contribution in [0.3, 0.4) is 0 Å². The van der Waals surface area contributed by atoms with Gasteiger partial charge in [0.15, 0.2) is 0 Å². The third-order valence-electron chi connectivity index (χ3n) is 6.85. The second kappa shape index (κ2) is 14.2. The number of urea groups is 1. The molecule has 0 bridgehead atoms. The van der Waals surface area contributed by atoms with E-state index in [-0.39, 0.29) is 40.4 Å². The average molecular weight is 612 g/mol. The van der Waals surface area contributed by atoms with E-state index >= 15 is 0 Å². The lowest BCUT2D eigenvalue weighted by Crippen LogP contribution is -2.51. The normalized spacial score (nSPS) is 14.3. The highest BCUT2D eigenvalue weighted by Crippen LogP contribution is 2.30. The van der Waals surface area contributed by atoms with E-state index in [1.54, 1.807) is 6.92 Å². The Kier molecular flexibility index (Phi) is 10.4. The van der Waals surface area contributed by atoms with Crippen LogP contribution in [0, 0.1) is 6.92 Å². The summed E-state index contributed by atoms with van der Waals surface area (Å²) >= 11 is 12.8. The second-order valence-electron chi connectivity index (χ2n) is 9.91. The van der Waals surface area contributed by atoms with Crippen molar-refractivity contribution in [3.8, 4) is 0 Å². The SMILES string of the molecule is CCOC(=O)C(CNC(=O)NC1CCc2ccccc21)NC(=O)c1c(Cl)cc(C(=O)NCc2cccc(C)c2)cc1Cl. The molecular weight excluding hydrogens is 579 g/mol. The molecule has 2 atom stereocenters. The van der Waals surface area contributed by atoms with Gasteiger partial charge >= 0.3 is 12.0 Å². The van der Waals surface area contributed by atoms with E-state index < -0.39 is 29.9 Å². The molecule has 0 saturated heterocycles. The maximum Gasteiger partial charge on any atom is 0.330 e. The van der Waals surface area contributed by atoms with Crippen LogP contribution in [0.15, 0.2) is 60.7 Å². The summed E-state index contributed by atoms with van der Waals surface area (Å²) in [6, 6.07) is 16.4. The van der Waals surface area contributed by atoms with Crippen molar-refractivity contribution in [2.75, 3.05) is 13.2 Å². The van der Waals surface area contributed by atoms with Gasteiger partial charge in [0.1, 0.15) is 6.04 Å². The molecule has 0 spiro atoms. The van der Waals surface area contributed by atoms with Crippen LogP contribution in [0.1, 0.15) is 62.4 Å². The third kappa shape index (κ3) is 7.80. The minimum atomic E-state index is -1.22. The zero-order valence-corrected chi connectivity index (χ0v) is 24.8. The Morgan fingerprint density at radius 1 is 0.952 bits per heavy atom. The number of rotatable bonds is 10. The molecule has 4 N–H and O–H groups in total. The van der Waals surface area contributed by atoms with Gasteiger partial charge in [-0.1, -0.05) is 77.3 Å². The molecule has 4 amide bonds. The summed E-state index contributed by atoms with van der Waals surface area (Å²) in [5.41, 5.74) is 4.29. The van der Waals surface area contributed by atoms with Gasteiger partial charge < -0.3 is 26.0 Å². The first-order valence-corrected chi connectivity index (χ1v) is 14.3. The van der Waals surface area contributed by atoms with Gasteiger partial charge in [-0.3, -0.25) is 9.59 Å². The van der Waals surface area contributed by atoms with Gasteiger partial charge in [-0.2, -0.15) is 0 Å². The standard InChI is InChI=1S/C31H32Cl2N4O5/c1-3-42-30(40)26(17-35-31(41)37-25-12-11-20-9-4-5-10-22(20)25)36-29(39)27-23(32)14-21(15-24(27)33)28(38)34-16-19-8-6-7-18(2)13-19/h4-10,13-15,25-26H,3,11-12,16-17H2,1-2H3,(H,34,38)(H,36,39)(H2,35,37,41). The number of hydrogen-bond donors (Lipinski definition) is 4. The Balaban J connectivity index is 1.39. The van der Waals surface area contributed by atoms with Crippen LogP contribution in [0.4, 0.5) is 4.79 Å². The largest absolute Gasteiger partial charge is 0.464 e. The van der Waals surface area contributed by atoms with Crippen molar-refractivity contribution in [2.45, 2.75) is 45.3 Å². The molecule has 1 aliphatic carbocycles. The smallest absolute Gasteiger partial charge is 0.330 e. The molecule has 4 rings (SSSR count). The number of ether oxygens (including phenoxy) is 1. The summed E-state index contributed by atoms with van der Waals surface area (Å²) in [5.74, 6) is -1.92. The van der Waals surface area contributed by atoms with Crippen molar-refractivity contribution in [2.24, 2.45) is 0 Å². The third-order valence-corrected chi connectivity index (χ3v) is 7.44. The lowest BCUT2D eigenvalue weighted by Gasteiger charge is -2.20. The molecule has 0 radical (unpaired) electrons. The number of nitrogens with one attached hydrogen (secondary N) is 4. The predicted octanol–water partition coefficient (Wildman–Crippen LogP) is 4.88. The van der Waals surface area contributed by atoms with Crippen LogP contribution < -0.4 is 21.3 Å². The highest BCUT2D eigenvalue weighted by atomic mass is 35.5. The highest BCUT2D eigenvalue weighted by Gasteiger charge is 2.28. The highest BCUT2D eigenvalue weighted by molar-refractivity contribution is 6.40. The average Bonchev–Trinajstić information content (AvgIpc) is 3.36. The Morgan fingerprint density at radius 3 is 2.40 bits per heavy atom. The summed E-state index contributed by atoms with van der Waals surface area (Å²) in [4.78, 5) is 51.2. The van der Waals surface area contributed by atoms with Gasteiger partial charge in [-0.05, 0) is 55.5 Å². The molecule has 220 valence electrons. The van der Waals surface area contributed by atoms with Crippen molar-refractivity contribution in [3.05, 3.63) is 104 Å². The van der Waals surface area contributed by atoms with Gasteiger partial charge in [0.05, 0.1) is 34.8 Å². The van der Waals surface area contributed by atoms with E-state index in [1.165, 1.54) is 17.7 Å². The molecule has 11 heteroatoms. The van der Waals surface area contributed by atoms with E-state index in [0.717, 1.165) is 29.5 Å². The van der Waals surface area contributed by atoms with Crippen molar-refractivity contribution in [3.63, 3.8) is 0 Å². The number of esters is 1. The van der Waals surface area contributed by atoms with Gasteiger partial charge in [0.25, 0.3) is 11.8 Å². The zero-order chi connectivity index (χ0) is 30.2. The lowest BCUT2D eigenvalue weighted by atomic mass is 10.1. The quantitative estimate of drug-likeness (QED) is 0.243. The predicted molar refractivity (Wildman–Crippen MR) is 161 cm³/mol. The fourth-order valence-corrected chi connectivity index (χ4v) is 5.46. The summed E-state index contributed by atoms with van der Waals surface area (Å²) in [6.45, 7) is 3.73. The molecule has 0 aromatic heterocycles. The van der Waals surface area contributed by atoms with Crippen molar-refractivity contribution in [1.29, 1.82) is 0 Å². The van der Waals surface area contributed by atoms with Crippen LogP contribution in [0.25, 0.3) is 0 Å². The molecule has 0 aliphatic heterocycles. The first kappa shape index (κ1) is 30.9. The Morgan fingerprint density at radius 2 is 1.69 bits per heavy atom. The number of fused-ring (bicyclic) bond motifs is 1. The molecule has 0 fully saturated rings. The molecule has 9 nitrogen and oxygen atoms in total. The number of amides is 4. The van der Waals surface area contributed by atoms with Gasteiger partial charge in [0.2, 0.25) is 0 Å². The lowest BCUT2D eigenvalue weighted by molar-refractivity contribution is -0.145. The maximum absolute atomic E-state index is 13.2. The fourth-order valence-electron chi connectivity index (χ4n) is 4.81. The van der Waals surface area contributed by atoms with Gasteiger partial charge in [-0.25, -0.2) is 9.59 Å². The number of hydrogen-bond acceptors (Lipinski definition) is 5. The van der Waals surface area contributed by atoms with Crippen molar-refractivity contribution < 1.29 is 23.9 Å². The Labute approximate surface area is 254 Å². The summed E-state index contributed by atoms with van der Waals surface area (Å²) in [6.07, 6.45) is 1.62. The number of carbonyl (C=O) groups excluding carboxylic acids is 4. The van der Waals surface area contributed by atoms with E-state index in [2.05, 4.69) is 21.3 Å². The summed E-state index contributed by atoms with van der Waals surface area (Å²) in [7, 11) is 0. The molecule has 0 heterocycles. The monoisotopic (exact) mass is 610 g/mol. The minimum absolute atomic E-state index is 0.0735. The van der Waals surface area contributed by atoms with Crippen LogP contribution in [0.5, 0.6) is 0 Å². The second-order valence-corrected chi connectivity index (χ2v) is 10.7. The molecule has 42 heavy (non-hydrogen) atoms. The van der Waals surface area contributed by atoms with Crippen LogP contribution in [-0.4, -0.2) is 43.0 Å². The summed E-state index contributed by atoms with van der Waals surface area (Å²) in [5, 5.41) is 10.7. The zero-order valence-electron chi connectivity index (χ0n) is 23.3. The van der Waals surface area contributed by atoms with Crippen molar-refractivity contribution >= 4 is 47.0 Å². The first-order valence-electron chi connectivity index (χ1n) is 13.6. The number of aryl methyl sites for hydroxylation is 2. The molecule has 3 aromatic rings. The molecule has 2 unspecified atom stereocenters. The van der Waals surface area contributed by atoms with E-state index in [1.807, 2.05) is 55.5 Å². The van der Waals surface area contributed by atoms with Crippen LogP contribution in [0.2, 0.25) is 10.0 Å². The Hall–Kier alpha value is -4.08. The number of halogens is 2. The van der Waals surface area contributed by atoms with Crippen LogP contribution >= 0.6 is 23.2 Å². The Bertz CT molecular complexity index is 1470. The molecule has 1 aliphatic rings. The topological polar surface area (TPSA) is 126 Å². The van der Waals surface area contributed by atoms with Gasteiger partial charge in [0, 0.05) is 12.1 Å². The van der Waals surface area contributed by atoms with E-state index in [9.17, 15) is 19.2 Å². The first-order chi connectivity index (χ1) is 20.2. The number of carbonyl (C=O) groups is 4. The molecule has 3 aromatic carbocycles. The van der Waals surface area contributed by atoms with Gasteiger partial charge in [-0.15, -0.1) is 0 Å². The van der Waals surface area contributed by atoms with E-state index in [0.29, 0.717) is 6.54 Å². The van der Waals surface area contributed by atoms with E-state index in [4.69, 9.17) is 27.9 Å². The minimum Gasteiger partial charge on any atom is -0.464 e. The fraction of sp³-hybridized carbons (Fsp3) is 0.290. The van der Waals surface area contributed by atoms with Crippen molar-refractivity contribution in [1.82, 2.24) is 21.3 Å². The molecule has 0 saturated carbocycles. The molecular formula is C31H32Cl2N4O5.